The van der Waals surface area contributed by atoms with Gasteiger partial charge in [0.2, 0.25) is 5.91 Å². The molecule has 0 aromatic carbocycles. The lowest BCUT2D eigenvalue weighted by Gasteiger charge is -2.46. The van der Waals surface area contributed by atoms with Crippen LogP contribution in [-0.4, -0.2) is 74.8 Å². The van der Waals surface area contributed by atoms with E-state index in [2.05, 4.69) is 11.4 Å². The summed E-state index contributed by atoms with van der Waals surface area (Å²) in [5.41, 5.74) is -0.310. The Hall–Kier alpha value is -1.03. The third-order valence-corrected chi connectivity index (χ3v) is 7.16. The number of carbonyl (C=O) groups excluding carboxylic acids is 1. The fourth-order valence-corrected chi connectivity index (χ4v) is 5.04. The fraction of sp³-hybridized carbons (Fsp3) is 0.870. The summed E-state index contributed by atoms with van der Waals surface area (Å²) in [5, 5.41) is 44.1. The van der Waals surface area contributed by atoms with Gasteiger partial charge < -0.3 is 35.2 Å². The van der Waals surface area contributed by atoms with Gasteiger partial charge in [-0.2, -0.15) is 0 Å². The lowest BCUT2D eigenvalue weighted by Crippen LogP contribution is -2.65. The third kappa shape index (κ3) is 6.06. The minimum Gasteiger partial charge on any atom is -0.394 e. The Morgan fingerprint density at radius 3 is 2.48 bits per heavy atom. The molecule has 2 rings (SSSR count). The number of carbonyl (C=O) groups is 1. The third-order valence-electron chi connectivity index (χ3n) is 7.16. The van der Waals surface area contributed by atoms with Gasteiger partial charge in [0.05, 0.1) is 17.8 Å². The van der Waals surface area contributed by atoms with E-state index in [0.717, 1.165) is 12.8 Å². The molecule has 2 aliphatic rings. The Morgan fingerprint density at radius 2 is 1.94 bits per heavy atom. The van der Waals surface area contributed by atoms with Crippen molar-refractivity contribution in [3.8, 4) is 0 Å². The van der Waals surface area contributed by atoms with E-state index in [9.17, 15) is 25.2 Å². The summed E-state index contributed by atoms with van der Waals surface area (Å²) in [6.45, 7) is 10.8. The molecule has 1 amide bonds. The number of aliphatic hydroxyl groups excluding tert-OH is 3. The predicted octanol–water partition coefficient (Wildman–Crippen LogP) is 1.25. The molecule has 0 unspecified atom stereocenters. The maximum Gasteiger partial charge on any atom is 0.217 e. The van der Waals surface area contributed by atoms with E-state index in [-0.39, 0.29) is 17.7 Å². The molecule has 8 heteroatoms. The van der Waals surface area contributed by atoms with Crippen molar-refractivity contribution >= 4 is 5.91 Å². The molecular formula is C23H41NO7. The molecule has 1 heterocycles. The number of hydrogen-bond acceptors (Lipinski definition) is 7. The van der Waals surface area contributed by atoms with Crippen molar-refractivity contribution in [2.24, 2.45) is 11.8 Å². The monoisotopic (exact) mass is 443 g/mol. The van der Waals surface area contributed by atoms with Gasteiger partial charge in [-0.15, -0.1) is 0 Å². The van der Waals surface area contributed by atoms with Crippen molar-refractivity contribution < 1.29 is 34.7 Å². The second kappa shape index (κ2) is 10.3. The minimum atomic E-state index is -1.35. The van der Waals surface area contributed by atoms with Gasteiger partial charge in [0, 0.05) is 6.92 Å². The Kier molecular flexibility index (Phi) is 8.69. The number of nitrogens with one attached hydrogen (secondary N) is 1. The molecule has 2 fully saturated rings. The number of amides is 1. The van der Waals surface area contributed by atoms with Crippen molar-refractivity contribution in [1.82, 2.24) is 5.32 Å². The van der Waals surface area contributed by atoms with E-state index >= 15 is 0 Å². The highest BCUT2D eigenvalue weighted by Gasteiger charge is 2.53. The van der Waals surface area contributed by atoms with Crippen LogP contribution in [-0.2, 0) is 14.3 Å². The number of allylic oxidation sites excluding steroid dienone is 2. The van der Waals surface area contributed by atoms with Crippen LogP contribution in [0.1, 0.15) is 67.2 Å². The first-order chi connectivity index (χ1) is 14.3. The first-order valence-electron chi connectivity index (χ1n) is 11.3. The van der Waals surface area contributed by atoms with Gasteiger partial charge in [0.25, 0.3) is 0 Å². The second-order valence-electron chi connectivity index (χ2n) is 9.97. The quantitative estimate of drug-likeness (QED) is 0.357. The van der Waals surface area contributed by atoms with Gasteiger partial charge in [0.15, 0.2) is 6.29 Å². The van der Waals surface area contributed by atoms with Crippen LogP contribution in [0.25, 0.3) is 0 Å². The van der Waals surface area contributed by atoms with Crippen LogP contribution >= 0.6 is 0 Å². The zero-order valence-electron chi connectivity index (χ0n) is 19.7. The molecule has 8 nitrogen and oxygen atoms in total. The van der Waals surface area contributed by atoms with Gasteiger partial charge in [-0.3, -0.25) is 4.79 Å². The Labute approximate surface area is 185 Å². The minimum absolute atomic E-state index is 0.00928. The average Bonchev–Trinajstić information content (AvgIpc) is 2.96. The largest absolute Gasteiger partial charge is 0.394 e. The van der Waals surface area contributed by atoms with E-state index in [4.69, 9.17) is 9.47 Å². The molecule has 180 valence electrons. The van der Waals surface area contributed by atoms with Crippen LogP contribution in [0.15, 0.2) is 11.6 Å². The molecule has 9 atom stereocenters. The molecule has 0 aromatic heterocycles. The van der Waals surface area contributed by atoms with Gasteiger partial charge in [-0.1, -0.05) is 18.6 Å². The molecule has 5 N–H and O–H groups in total. The number of hydrogen-bond donors (Lipinski definition) is 5. The van der Waals surface area contributed by atoms with Crippen LogP contribution in [0.4, 0.5) is 0 Å². The zero-order chi connectivity index (χ0) is 23.6. The highest BCUT2D eigenvalue weighted by molar-refractivity contribution is 5.73. The van der Waals surface area contributed by atoms with Crippen molar-refractivity contribution in [1.29, 1.82) is 0 Å². The molecular weight excluding hydrogens is 402 g/mol. The van der Waals surface area contributed by atoms with Gasteiger partial charge in [-0.05, 0) is 65.2 Å². The summed E-state index contributed by atoms with van der Waals surface area (Å²) in [4.78, 5) is 11.7. The van der Waals surface area contributed by atoms with Crippen molar-refractivity contribution in [2.75, 3.05) is 6.61 Å². The number of aliphatic hydroxyl groups is 4. The summed E-state index contributed by atoms with van der Waals surface area (Å²) < 4.78 is 12.1. The molecule has 0 bridgehead atoms. The number of ether oxygens (including phenoxy) is 2. The smallest absolute Gasteiger partial charge is 0.217 e. The summed E-state index contributed by atoms with van der Waals surface area (Å²) in [6.07, 6.45) is 0.263. The maximum absolute atomic E-state index is 11.7. The number of rotatable bonds is 8. The molecule has 1 saturated heterocycles. The lowest BCUT2D eigenvalue weighted by molar-refractivity contribution is -0.303. The molecule has 0 aromatic rings. The van der Waals surface area contributed by atoms with Crippen molar-refractivity contribution in [2.45, 2.75) is 109 Å². The molecule has 1 aliphatic heterocycles. The summed E-state index contributed by atoms with van der Waals surface area (Å²) in [5.74, 6) is -0.400. The topological polar surface area (TPSA) is 128 Å². The average molecular weight is 444 g/mol. The standard InChI is InChI=1S/C23H41NO7/c1-13(2)8-7-10-22(5,29)16-9-11-23(6,14(16)3)31-21-18(24-15(4)26)20(28)19(27)17(12-25)30-21/h8,14,16-21,25,27-29H,7,9-12H2,1-6H3,(H,24,26)/t14-,16+,17+,18+,19+,20+,21+,22+,23+/m0/s1. The summed E-state index contributed by atoms with van der Waals surface area (Å²) in [7, 11) is 0. The molecule has 0 spiro atoms. The van der Waals surface area contributed by atoms with E-state index < -0.39 is 48.5 Å². The molecule has 0 radical (unpaired) electrons. The van der Waals surface area contributed by atoms with Crippen molar-refractivity contribution in [3.63, 3.8) is 0 Å². The zero-order valence-corrected chi connectivity index (χ0v) is 19.7. The fourth-order valence-electron chi connectivity index (χ4n) is 5.04. The SMILES string of the molecule is CC(=O)N[C@H]1[C@@H](O[C@]2(C)CC[C@@H]([C@](C)(O)CCC=C(C)C)[C@@H]2C)O[C@H](CO)[C@@H](O)[C@@H]1O. The van der Waals surface area contributed by atoms with Crippen LogP contribution < -0.4 is 5.32 Å². The Balaban J connectivity index is 2.17. The highest BCUT2D eigenvalue weighted by Crippen LogP contribution is 2.49. The normalized spacial score (nSPS) is 40.3. The molecule has 31 heavy (non-hydrogen) atoms. The van der Waals surface area contributed by atoms with E-state index in [1.807, 2.05) is 34.6 Å². The molecule has 1 saturated carbocycles. The summed E-state index contributed by atoms with van der Waals surface area (Å²) >= 11 is 0. The van der Waals surface area contributed by atoms with Crippen LogP contribution in [0.2, 0.25) is 0 Å². The highest BCUT2D eigenvalue weighted by atomic mass is 16.7. The lowest BCUT2D eigenvalue weighted by atomic mass is 9.76. The van der Waals surface area contributed by atoms with E-state index in [0.29, 0.717) is 12.8 Å². The van der Waals surface area contributed by atoms with Crippen molar-refractivity contribution in [3.05, 3.63) is 11.6 Å². The van der Waals surface area contributed by atoms with Crippen LogP contribution in [0.3, 0.4) is 0 Å². The Morgan fingerprint density at radius 1 is 1.29 bits per heavy atom. The molecule has 1 aliphatic carbocycles. The van der Waals surface area contributed by atoms with Gasteiger partial charge in [0.1, 0.15) is 24.4 Å². The first-order valence-corrected chi connectivity index (χ1v) is 11.3. The summed E-state index contributed by atoms with van der Waals surface area (Å²) in [6, 6.07) is -0.975. The van der Waals surface area contributed by atoms with Crippen LogP contribution in [0, 0.1) is 11.8 Å². The van der Waals surface area contributed by atoms with E-state index in [1.165, 1.54) is 12.5 Å². The van der Waals surface area contributed by atoms with Gasteiger partial charge >= 0.3 is 0 Å². The van der Waals surface area contributed by atoms with Crippen LogP contribution in [0.5, 0.6) is 0 Å². The Bertz CT molecular complexity index is 648. The second-order valence-corrected chi connectivity index (χ2v) is 9.97. The van der Waals surface area contributed by atoms with E-state index in [1.54, 1.807) is 0 Å². The maximum atomic E-state index is 11.7. The predicted molar refractivity (Wildman–Crippen MR) is 116 cm³/mol. The van der Waals surface area contributed by atoms with Gasteiger partial charge in [-0.25, -0.2) is 0 Å². The first kappa shape index (κ1) is 26.2.